The molecule has 172 valence electrons. The summed E-state index contributed by atoms with van der Waals surface area (Å²) in [6.45, 7) is 3.91. The zero-order chi connectivity index (χ0) is 24.4. The number of ether oxygens (including phenoxy) is 1. The highest BCUT2D eigenvalue weighted by atomic mass is 79.9. The second-order valence-corrected chi connectivity index (χ2v) is 9.10. The molecule has 6 nitrogen and oxygen atoms in total. The summed E-state index contributed by atoms with van der Waals surface area (Å²) in [5, 5.41) is 2.66. The number of urea groups is 1. The lowest BCUT2D eigenvalue weighted by atomic mass is 10.0. The van der Waals surface area contributed by atoms with Gasteiger partial charge in [-0.15, -0.1) is 0 Å². The zero-order valence-corrected chi connectivity index (χ0v) is 20.7. The van der Waals surface area contributed by atoms with E-state index in [1.165, 1.54) is 6.08 Å². The van der Waals surface area contributed by atoms with Crippen molar-refractivity contribution in [2.45, 2.75) is 20.5 Å². The van der Waals surface area contributed by atoms with Crippen LogP contribution in [-0.2, 0) is 16.2 Å². The molecule has 3 aromatic rings. The standard InChI is InChI=1S/C26H20BrClN2O4/c1-15-7-8-16(2)22(11-15)30-25(32)20(24(31)29-26(30)33)13-18-12-19(28)9-10-23(18)34-14-17-5-3-4-6-21(17)27/h3-13H,14H2,1-2H3,(H,29,31,33)/b20-13+. The van der Waals surface area contributed by atoms with Gasteiger partial charge in [0, 0.05) is 20.6 Å². The van der Waals surface area contributed by atoms with Crippen molar-refractivity contribution in [1.82, 2.24) is 5.32 Å². The number of benzene rings is 3. The summed E-state index contributed by atoms with van der Waals surface area (Å²) in [7, 11) is 0. The summed E-state index contributed by atoms with van der Waals surface area (Å²) in [4.78, 5) is 39.5. The molecule has 1 aliphatic heterocycles. The molecule has 3 aromatic carbocycles. The average molecular weight is 540 g/mol. The van der Waals surface area contributed by atoms with Crippen molar-refractivity contribution >= 4 is 57.1 Å². The quantitative estimate of drug-likeness (QED) is 0.320. The molecule has 0 bridgehead atoms. The third-order valence-corrected chi connectivity index (χ3v) is 6.33. The number of hydrogen-bond donors (Lipinski definition) is 1. The first-order valence-electron chi connectivity index (χ1n) is 10.4. The van der Waals surface area contributed by atoms with Crippen LogP contribution >= 0.6 is 27.5 Å². The van der Waals surface area contributed by atoms with E-state index < -0.39 is 17.8 Å². The summed E-state index contributed by atoms with van der Waals surface area (Å²) >= 11 is 9.69. The van der Waals surface area contributed by atoms with Gasteiger partial charge in [0.1, 0.15) is 17.9 Å². The smallest absolute Gasteiger partial charge is 0.335 e. The number of nitrogens with one attached hydrogen (secondary N) is 1. The maximum absolute atomic E-state index is 13.3. The fraction of sp³-hybridized carbons (Fsp3) is 0.115. The first-order valence-corrected chi connectivity index (χ1v) is 11.6. The maximum atomic E-state index is 13.3. The van der Waals surface area contributed by atoms with Gasteiger partial charge in [-0.3, -0.25) is 14.9 Å². The average Bonchev–Trinajstić information content (AvgIpc) is 2.79. The third-order valence-electron chi connectivity index (χ3n) is 5.32. The molecule has 34 heavy (non-hydrogen) atoms. The van der Waals surface area contributed by atoms with Crippen molar-refractivity contribution in [3.05, 3.63) is 98.0 Å². The molecule has 4 amide bonds. The lowest BCUT2D eigenvalue weighted by Crippen LogP contribution is -2.54. The molecule has 0 atom stereocenters. The first kappa shape index (κ1) is 23.7. The number of carbonyl (C=O) groups is 3. The number of aryl methyl sites for hydroxylation is 2. The van der Waals surface area contributed by atoms with Crippen molar-refractivity contribution in [2.24, 2.45) is 0 Å². The molecule has 0 unspecified atom stereocenters. The Morgan fingerprint density at radius 1 is 1.03 bits per heavy atom. The van der Waals surface area contributed by atoms with Gasteiger partial charge in [-0.05, 0) is 61.4 Å². The largest absolute Gasteiger partial charge is 0.488 e. The Labute approximate surface area is 210 Å². The number of imide groups is 2. The second-order valence-electron chi connectivity index (χ2n) is 7.81. The molecule has 0 saturated carbocycles. The monoisotopic (exact) mass is 538 g/mol. The number of anilines is 1. The van der Waals surface area contributed by atoms with Gasteiger partial charge in [-0.25, -0.2) is 9.69 Å². The number of carbonyl (C=O) groups excluding carboxylic acids is 3. The van der Waals surface area contributed by atoms with Crippen LogP contribution in [0.15, 0.2) is 70.7 Å². The Morgan fingerprint density at radius 2 is 1.79 bits per heavy atom. The number of amides is 4. The van der Waals surface area contributed by atoms with E-state index in [0.717, 1.165) is 26.1 Å². The van der Waals surface area contributed by atoms with Crippen molar-refractivity contribution < 1.29 is 19.1 Å². The third kappa shape index (κ3) is 4.90. The Morgan fingerprint density at radius 3 is 2.56 bits per heavy atom. The summed E-state index contributed by atoms with van der Waals surface area (Å²) in [5.41, 5.74) is 3.18. The van der Waals surface area contributed by atoms with Crippen LogP contribution in [0.25, 0.3) is 6.08 Å². The van der Waals surface area contributed by atoms with E-state index >= 15 is 0 Å². The van der Waals surface area contributed by atoms with E-state index in [0.29, 0.717) is 22.0 Å². The topological polar surface area (TPSA) is 75.7 Å². The van der Waals surface area contributed by atoms with Crippen LogP contribution in [-0.4, -0.2) is 17.8 Å². The molecule has 4 rings (SSSR count). The summed E-state index contributed by atoms with van der Waals surface area (Å²) in [6.07, 6.45) is 1.39. The van der Waals surface area contributed by atoms with Gasteiger partial charge in [0.2, 0.25) is 0 Å². The van der Waals surface area contributed by atoms with Crippen molar-refractivity contribution in [1.29, 1.82) is 0 Å². The molecule has 8 heteroatoms. The molecule has 0 radical (unpaired) electrons. The van der Waals surface area contributed by atoms with E-state index in [-0.39, 0.29) is 12.2 Å². The van der Waals surface area contributed by atoms with Gasteiger partial charge >= 0.3 is 6.03 Å². The summed E-state index contributed by atoms with van der Waals surface area (Å²) in [5.74, 6) is -1.07. The molecule has 1 heterocycles. The molecular weight excluding hydrogens is 520 g/mol. The highest BCUT2D eigenvalue weighted by molar-refractivity contribution is 9.10. The van der Waals surface area contributed by atoms with Crippen molar-refractivity contribution in [3.63, 3.8) is 0 Å². The predicted octanol–water partition coefficient (Wildman–Crippen LogP) is 5.96. The molecule has 0 aromatic heterocycles. The number of halogens is 2. The lowest BCUT2D eigenvalue weighted by Gasteiger charge is -2.28. The summed E-state index contributed by atoms with van der Waals surface area (Å²) < 4.78 is 6.88. The minimum atomic E-state index is -0.794. The van der Waals surface area contributed by atoms with Gasteiger partial charge in [0.05, 0.1) is 5.69 Å². The minimum Gasteiger partial charge on any atom is -0.488 e. The van der Waals surface area contributed by atoms with Crippen LogP contribution in [0.2, 0.25) is 5.02 Å². The van der Waals surface area contributed by atoms with Gasteiger partial charge in [0.25, 0.3) is 11.8 Å². The summed E-state index contributed by atoms with van der Waals surface area (Å²) in [6, 6.07) is 17.2. The molecule has 0 spiro atoms. The number of barbiturate groups is 1. The Balaban J connectivity index is 1.71. The Bertz CT molecular complexity index is 1350. The van der Waals surface area contributed by atoms with E-state index in [1.54, 1.807) is 31.2 Å². The van der Waals surface area contributed by atoms with Gasteiger partial charge in [-0.1, -0.05) is 57.9 Å². The second kappa shape index (κ2) is 9.83. The van der Waals surface area contributed by atoms with Crippen LogP contribution < -0.4 is 15.0 Å². The highest BCUT2D eigenvalue weighted by Crippen LogP contribution is 2.30. The Kier molecular flexibility index (Phi) is 6.86. The highest BCUT2D eigenvalue weighted by Gasteiger charge is 2.37. The minimum absolute atomic E-state index is 0.200. The van der Waals surface area contributed by atoms with Crippen LogP contribution in [0.5, 0.6) is 5.75 Å². The molecule has 0 aliphatic carbocycles. The van der Waals surface area contributed by atoms with Crippen LogP contribution in [0.3, 0.4) is 0 Å². The lowest BCUT2D eigenvalue weighted by molar-refractivity contribution is -0.122. The normalized spacial score (nSPS) is 15.0. The molecule has 1 fully saturated rings. The van der Waals surface area contributed by atoms with Crippen LogP contribution in [0.4, 0.5) is 10.5 Å². The number of nitrogens with zero attached hydrogens (tertiary/aromatic N) is 1. The number of rotatable bonds is 5. The Hall–Kier alpha value is -3.42. The molecule has 1 aliphatic rings. The van der Waals surface area contributed by atoms with Crippen LogP contribution in [0, 0.1) is 13.8 Å². The fourth-order valence-electron chi connectivity index (χ4n) is 3.53. The van der Waals surface area contributed by atoms with Crippen molar-refractivity contribution in [2.75, 3.05) is 4.90 Å². The van der Waals surface area contributed by atoms with E-state index in [2.05, 4.69) is 21.2 Å². The van der Waals surface area contributed by atoms with Crippen LogP contribution in [0.1, 0.15) is 22.3 Å². The van der Waals surface area contributed by atoms with Crippen molar-refractivity contribution in [3.8, 4) is 5.75 Å². The van der Waals surface area contributed by atoms with Gasteiger partial charge in [0.15, 0.2) is 0 Å². The molecule has 1 saturated heterocycles. The maximum Gasteiger partial charge on any atom is 0.335 e. The van der Waals surface area contributed by atoms with E-state index in [4.69, 9.17) is 16.3 Å². The zero-order valence-electron chi connectivity index (χ0n) is 18.4. The predicted molar refractivity (Wildman–Crippen MR) is 135 cm³/mol. The van der Waals surface area contributed by atoms with Gasteiger partial charge < -0.3 is 4.74 Å². The first-order chi connectivity index (χ1) is 16.2. The van der Waals surface area contributed by atoms with E-state index in [1.807, 2.05) is 43.3 Å². The number of hydrogen-bond acceptors (Lipinski definition) is 4. The fourth-order valence-corrected chi connectivity index (χ4v) is 4.11. The van der Waals surface area contributed by atoms with Gasteiger partial charge in [-0.2, -0.15) is 0 Å². The van der Waals surface area contributed by atoms with E-state index in [9.17, 15) is 14.4 Å². The SMILES string of the molecule is Cc1ccc(C)c(N2C(=O)NC(=O)/C(=C\c3cc(Cl)ccc3OCc3ccccc3Br)C2=O)c1. The molecular formula is C26H20BrClN2O4. The molecule has 1 N–H and O–H groups in total.